The smallest absolute Gasteiger partial charge is 0.372 e. The van der Waals surface area contributed by atoms with Gasteiger partial charge in [-0.1, -0.05) is 0 Å². The molecule has 0 aliphatic carbocycles. The van der Waals surface area contributed by atoms with Gasteiger partial charge < -0.3 is 19.6 Å². The van der Waals surface area contributed by atoms with Crippen LogP contribution in [0.3, 0.4) is 0 Å². The van der Waals surface area contributed by atoms with Crippen LogP contribution in [0.4, 0.5) is 0 Å². The fourth-order valence-corrected chi connectivity index (χ4v) is 1.62. The Morgan fingerprint density at radius 1 is 1.50 bits per heavy atom. The molecule has 1 amide bonds. The van der Waals surface area contributed by atoms with Gasteiger partial charge in [-0.05, 0) is 19.9 Å². The lowest BCUT2D eigenvalue weighted by atomic mass is 10.2. The van der Waals surface area contributed by atoms with Crippen LogP contribution in [0.5, 0.6) is 0 Å². The Morgan fingerprint density at radius 3 is 2.75 bits per heavy atom. The van der Waals surface area contributed by atoms with E-state index < -0.39 is 12.0 Å². The van der Waals surface area contributed by atoms with Gasteiger partial charge in [0.1, 0.15) is 5.76 Å². The first-order valence-electron chi connectivity index (χ1n) is 6.28. The summed E-state index contributed by atoms with van der Waals surface area (Å²) in [6.45, 7) is 4.57. The average molecular weight is 284 g/mol. The molecule has 1 unspecified atom stereocenters. The van der Waals surface area contributed by atoms with Gasteiger partial charge in [-0.25, -0.2) is 4.79 Å². The van der Waals surface area contributed by atoms with Crippen molar-refractivity contribution in [2.45, 2.75) is 26.4 Å². The van der Waals surface area contributed by atoms with Crippen molar-refractivity contribution in [1.82, 2.24) is 10.6 Å². The number of rotatable bonds is 8. The van der Waals surface area contributed by atoms with Gasteiger partial charge in [-0.15, -0.1) is 0 Å². The number of hydrogen-bond donors (Lipinski definition) is 3. The Labute approximate surface area is 117 Å². The molecule has 7 heteroatoms. The van der Waals surface area contributed by atoms with Gasteiger partial charge in [-0.2, -0.15) is 0 Å². The van der Waals surface area contributed by atoms with Crippen LogP contribution in [-0.2, 0) is 16.1 Å². The number of amides is 1. The van der Waals surface area contributed by atoms with Crippen LogP contribution in [0, 0.1) is 6.92 Å². The minimum atomic E-state index is -1.10. The third-order valence-electron chi connectivity index (χ3n) is 2.74. The van der Waals surface area contributed by atoms with Gasteiger partial charge in [0.25, 0.3) is 0 Å². The number of carbonyl (C=O) groups excluding carboxylic acids is 1. The minimum absolute atomic E-state index is 0.0704. The predicted molar refractivity (Wildman–Crippen MR) is 71.6 cm³/mol. The summed E-state index contributed by atoms with van der Waals surface area (Å²) in [5.74, 6) is -0.835. The standard InChI is InChI=1S/C13H20N2O5/c1-8-6-10(20-11(8)13(17)18)7-15-9(2)12(16)14-4-5-19-3/h6,9,15H,4-5,7H2,1-3H3,(H,14,16)(H,17,18). The van der Waals surface area contributed by atoms with Crippen LogP contribution in [-0.4, -0.2) is 43.3 Å². The van der Waals surface area contributed by atoms with E-state index in [4.69, 9.17) is 14.3 Å². The maximum absolute atomic E-state index is 11.7. The van der Waals surface area contributed by atoms with Gasteiger partial charge in [0.2, 0.25) is 11.7 Å². The van der Waals surface area contributed by atoms with Crippen LogP contribution in [0.15, 0.2) is 10.5 Å². The highest BCUT2D eigenvalue weighted by molar-refractivity contribution is 5.86. The zero-order chi connectivity index (χ0) is 15.1. The molecule has 0 bridgehead atoms. The molecule has 112 valence electrons. The Hall–Kier alpha value is -1.86. The second-order valence-corrected chi connectivity index (χ2v) is 4.42. The van der Waals surface area contributed by atoms with Gasteiger partial charge in [0.05, 0.1) is 19.2 Å². The number of nitrogens with one attached hydrogen (secondary N) is 2. The van der Waals surface area contributed by atoms with E-state index in [2.05, 4.69) is 10.6 Å². The van der Waals surface area contributed by atoms with Crippen LogP contribution < -0.4 is 10.6 Å². The fourth-order valence-electron chi connectivity index (χ4n) is 1.62. The van der Waals surface area contributed by atoms with Gasteiger partial charge in [0, 0.05) is 19.2 Å². The molecule has 1 heterocycles. The number of methoxy groups -OCH3 is 1. The lowest BCUT2D eigenvalue weighted by Gasteiger charge is -2.12. The normalized spacial score (nSPS) is 12.2. The van der Waals surface area contributed by atoms with E-state index in [1.54, 1.807) is 27.0 Å². The first-order valence-corrected chi connectivity index (χ1v) is 6.28. The first-order chi connectivity index (χ1) is 9.45. The maximum Gasteiger partial charge on any atom is 0.372 e. The van der Waals surface area contributed by atoms with Crippen LogP contribution in [0.2, 0.25) is 0 Å². The number of aryl methyl sites for hydroxylation is 1. The lowest BCUT2D eigenvalue weighted by molar-refractivity contribution is -0.123. The number of carboxylic acids is 1. The Balaban J connectivity index is 2.44. The maximum atomic E-state index is 11.7. The van der Waals surface area contributed by atoms with Gasteiger partial charge in [-0.3, -0.25) is 10.1 Å². The molecule has 1 aromatic rings. The Morgan fingerprint density at radius 2 is 2.20 bits per heavy atom. The van der Waals surface area contributed by atoms with Crippen molar-refractivity contribution < 1.29 is 23.8 Å². The molecule has 0 aliphatic rings. The summed E-state index contributed by atoms with van der Waals surface area (Å²) >= 11 is 0. The minimum Gasteiger partial charge on any atom is -0.475 e. The first kappa shape index (κ1) is 16.2. The summed E-state index contributed by atoms with van der Waals surface area (Å²) in [5.41, 5.74) is 0.562. The van der Waals surface area contributed by atoms with E-state index in [1.807, 2.05) is 0 Å². The lowest BCUT2D eigenvalue weighted by Crippen LogP contribution is -2.42. The monoisotopic (exact) mass is 284 g/mol. The third kappa shape index (κ3) is 4.67. The van der Waals surface area contributed by atoms with Gasteiger partial charge >= 0.3 is 5.97 Å². The van der Waals surface area contributed by atoms with Crippen molar-refractivity contribution in [2.24, 2.45) is 0 Å². The number of carboxylic acid groups (broad SMARTS) is 1. The highest BCUT2D eigenvalue weighted by Gasteiger charge is 2.16. The van der Waals surface area contributed by atoms with E-state index >= 15 is 0 Å². The summed E-state index contributed by atoms with van der Waals surface area (Å²) in [6, 6.07) is 1.23. The molecule has 3 N–H and O–H groups in total. The number of hydrogen-bond acceptors (Lipinski definition) is 5. The van der Waals surface area contributed by atoms with Crippen molar-refractivity contribution in [3.05, 3.63) is 23.2 Å². The van der Waals surface area contributed by atoms with E-state index in [-0.39, 0.29) is 18.2 Å². The summed E-state index contributed by atoms with van der Waals surface area (Å²) in [5, 5.41) is 14.5. The summed E-state index contributed by atoms with van der Waals surface area (Å²) in [4.78, 5) is 22.5. The molecule has 0 fully saturated rings. The predicted octanol–water partition coefficient (Wildman–Crippen LogP) is 0.527. The molecule has 0 saturated heterocycles. The third-order valence-corrected chi connectivity index (χ3v) is 2.74. The summed E-state index contributed by atoms with van der Waals surface area (Å²) < 4.78 is 10.0. The number of furan rings is 1. The molecule has 0 aliphatic heterocycles. The zero-order valence-electron chi connectivity index (χ0n) is 11.9. The van der Waals surface area contributed by atoms with Crippen molar-refractivity contribution in [1.29, 1.82) is 0 Å². The molecule has 1 rings (SSSR count). The Bertz CT molecular complexity index is 469. The van der Waals surface area contributed by atoms with Crippen molar-refractivity contribution in [2.75, 3.05) is 20.3 Å². The highest BCUT2D eigenvalue weighted by Crippen LogP contribution is 2.14. The van der Waals surface area contributed by atoms with Crippen LogP contribution in [0.25, 0.3) is 0 Å². The quantitative estimate of drug-likeness (QED) is 0.602. The van der Waals surface area contributed by atoms with E-state index in [1.165, 1.54) is 0 Å². The number of aromatic carboxylic acids is 1. The fraction of sp³-hybridized carbons (Fsp3) is 0.538. The van der Waals surface area contributed by atoms with Crippen LogP contribution in [0.1, 0.15) is 28.8 Å². The summed E-state index contributed by atoms with van der Waals surface area (Å²) in [7, 11) is 1.56. The molecule has 20 heavy (non-hydrogen) atoms. The second-order valence-electron chi connectivity index (χ2n) is 4.42. The molecule has 7 nitrogen and oxygen atoms in total. The molecule has 0 aromatic carbocycles. The second kappa shape index (κ2) is 7.66. The highest BCUT2D eigenvalue weighted by atomic mass is 16.5. The average Bonchev–Trinajstić information content (AvgIpc) is 2.77. The zero-order valence-corrected chi connectivity index (χ0v) is 11.9. The molecule has 1 aromatic heterocycles. The number of ether oxygens (including phenoxy) is 1. The molecule has 0 spiro atoms. The van der Waals surface area contributed by atoms with Crippen molar-refractivity contribution >= 4 is 11.9 Å². The van der Waals surface area contributed by atoms with Crippen LogP contribution >= 0.6 is 0 Å². The Kier molecular flexibility index (Phi) is 6.20. The molecular weight excluding hydrogens is 264 g/mol. The van der Waals surface area contributed by atoms with Crippen molar-refractivity contribution in [3.63, 3.8) is 0 Å². The molecular formula is C13H20N2O5. The molecule has 1 atom stereocenters. The molecule has 0 radical (unpaired) electrons. The number of carbonyl (C=O) groups is 2. The van der Waals surface area contributed by atoms with E-state index in [9.17, 15) is 9.59 Å². The summed E-state index contributed by atoms with van der Waals surface area (Å²) in [6.07, 6.45) is 0. The molecule has 0 saturated carbocycles. The largest absolute Gasteiger partial charge is 0.475 e. The van der Waals surface area contributed by atoms with E-state index in [0.29, 0.717) is 24.5 Å². The van der Waals surface area contributed by atoms with E-state index in [0.717, 1.165) is 0 Å². The topological polar surface area (TPSA) is 101 Å². The van der Waals surface area contributed by atoms with Gasteiger partial charge in [0.15, 0.2) is 0 Å². The van der Waals surface area contributed by atoms with Crippen molar-refractivity contribution in [3.8, 4) is 0 Å². The SMILES string of the molecule is COCCNC(=O)C(C)NCc1cc(C)c(C(=O)O)o1.